The van der Waals surface area contributed by atoms with E-state index < -0.39 is 28.3 Å². The van der Waals surface area contributed by atoms with Crippen molar-refractivity contribution in [2.45, 2.75) is 32.2 Å². The first-order valence-corrected chi connectivity index (χ1v) is 10.7. The number of aryl methyl sites for hydroxylation is 2. The van der Waals surface area contributed by atoms with Gasteiger partial charge in [0.15, 0.2) is 0 Å². The summed E-state index contributed by atoms with van der Waals surface area (Å²) in [6, 6.07) is 11.1. The van der Waals surface area contributed by atoms with Gasteiger partial charge in [0.2, 0.25) is 15.9 Å². The molecule has 1 amide bonds. The summed E-state index contributed by atoms with van der Waals surface area (Å²) in [4.78, 5) is 12.5. The van der Waals surface area contributed by atoms with E-state index in [0.717, 1.165) is 41.5 Å². The zero-order valence-electron chi connectivity index (χ0n) is 15.4. The number of carbonyl (C=O) groups excluding carboxylic acids is 1. The van der Waals surface area contributed by atoms with E-state index in [1.807, 2.05) is 13.0 Å². The maximum Gasteiger partial charge on any atom is 0.241 e. The molecule has 3 rings (SSSR count). The molecule has 0 fully saturated rings. The van der Waals surface area contributed by atoms with Crippen LogP contribution in [-0.2, 0) is 27.7 Å². The third-order valence-corrected chi connectivity index (χ3v) is 5.92. The van der Waals surface area contributed by atoms with Gasteiger partial charge in [0.1, 0.15) is 12.4 Å². The second-order valence-electron chi connectivity index (χ2n) is 6.92. The molecular formula is C20H23FN2O3S. The van der Waals surface area contributed by atoms with E-state index in [9.17, 15) is 17.6 Å². The Kier molecular flexibility index (Phi) is 5.51. The first-order valence-electron chi connectivity index (χ1n) is 8.88. The van der Waals surface area contributed by atoms with Crippen LogP contribution < -0.4 is 9.62 Å². The molecule has 144 valence electrons. The number of hydrogen-bond acceptors (Lipinski definition) is 3. The van der Waals surface area contributed by atoms with Crippen molar-refractivity contribution >= 4 is 21.6 Å². The van der Waals surface area contributed by atoms with Crippen LogP contribution in [0.3, 0.4) is 0 Å². The molecule has 0 radical (unpaired) electrons. The first kappa shape index (κ1) is 19.4. The van der Waals surface area contributed by atoms with Crippen LogP contribution in [0.4, 0.5) is 10.1 Å². The lowest BCUT2D eigenvalue weighted by atomic mass is 10.0. The van der Waals surface area contributed by atoms with E-state index in [4.69, 9.17) is 0 Å². The topological polar surface area (TPSA) is 66.5 Å². The van der Waals surface area contributed by atoms with Crippen molar-refractivity contribution < 1.29 is 17.6 Å². The monoisotopic (exact) mass is 390 g/mol. The van der Waals surface area contributed by atoms with Gasteiger partial charge in [-0.2, -0.15) is 0 Å². The van der Waals surface area contributed by atoms with Crippen LogP contribution in [0.2, 0.25) is 0 Å². The van der Waals surface area contributed by atoms with Crippen molar-refractivity contribution in [2.24, 2.45) is 0 Å². The van der Waals surface area contributed by atoms with Crippen molar-refractivity contribution in [1.82, 2.24) is 5.32 Å². The molecule has 2 aromatic carbocycles. The Hall–Kier alpha value is -2.41. The number of sulfonamides is 1. The predicted octanol–water partition coefficient (Wildman–Crippen LogP) is 2.96. The molecule has 1 unspecified atom stereocenters. The number of carbonyl (C=O) groups is 1. The molecule has 0 aliphatic heterocycles. The molecule has 5 nitrogen and oxygen atoms in total. The maximum absolute atomic E-state index is 13.5. The second-order valence-corrected chi connectivity index (χ2v) is 8.83. The Morgan fingerprint density at radius 1 is 1.19 bits per heavy atom. The summed E-state index contributed by atoms with van der Waals surface area (Å²) in [5.41, 5.74) is 3.77. The number of amides is 1. The van der Waals surface area contributed by atoms with E-state index in [2.05, 4.69) is 17.4 Å². The predicted molar refractivity (Wildman–Crippen MR) is 104 cm³/mol. The summed E-state index contributed by atoms with van der Waals surface area (Å²) < 4.78 is 38.5. The van der Waals surface area contributed by atoms with Gasteiger partial charge >= 0.3 is 0 Å². The number of fused-ring (bicyclic) bond motifs is 1. The lowest BCUT2D eigenvalue weighted by Crippen LogP contribution is -2.41. The summed E-state index contributed by atoms with van der Waals surface area (Å²) in [7, 11) is -3.73. The molecule has 0 saturated heterocycles. The molecule has 27 heavy (non-hydrogen) atoms. The number of nitrogens with zero attached hydrogens (tertiary/aromatic N) is 1. The van der Waals surface area contributed by atoms with Crippen molar-refractivity contribution in [3.63, 3.8) is 0 Å². The fourth-order valence-electron chi connectivity index (χ4n) is 3.39. The Labute approximate surface area is 159 Å². The van der Waals surface area contributed by atoms with Gasteiger partial charge in [0.05, 0.1) is 18.0 Å². The van der Waals surface area contributed by atoms with E-state index in [1.54, 1.807) is 0 Å². The Bertz CT molecular complexity index is 959. The van der Waals surface area contributed by atoms with E-state index in [1.165, 1.54) is 29.3 Å². The maximum atomic E-state index is 13.5. The summed E-state index contributed by atoms with van der Waals surface area (Å²) in [5, 5.41) is 2.84. The highest BCUT2D eigenvalue weighted by Gasteiger charge is 2.22. The van der Waals surface area contributed by atoms with Gasteiger partial charge in [0.25, 0.3) is 0 Å². The van der Waals surface area contributed by atoms with Gasteiger partial charge in [-0.25, -0.2) is 12.8 Å². The fraction of sp³-hybridized carbons (Fsp3) is 0.350. The molecule has 1 aliphatic rings. The summed E-state index contributed by atoms with van der Waals surface area (Å²) >= 11 is 0. The Morgan fingerprint density at radius 2 is 1.93 bits per heavy atom. The minimum atomic E-state index is -3.73. The standard InChI is InChI=1S/C20H23FN2O3S/c1-14(16-10-9-15-5-3-6-17(15)11-16)22-20(24)13-23(27(2,25)26)19-8-4-7-18(21)12-19/h4,7-12,14H,3,5-6,13H2,1-2H3,(H,22,24). The SMILES string of the molecule is CC(NC(=O)CN(c1cccc(F)c1)S(C)(=O)=O)c1ccc2c(c1)CCC2. The zero-order valence-corrected chi connectivity index (χ0v) is 16.2. The number of benzene rings is 2. The lowest BCUT2D eigenvalue weighted by molar-refractivity contribution is -0.120. The van der Waals surface area contributed by atoms with E-state index >= 15 is 0 Å². The van der Waals surface area contributed by atoms with E-state index in [0.29, 0.717) is 0 Å². The van der Waals surface area contributed by atoms with Crippen LogP contribution in [0.1, 0.15) is 36.1 Å². The van der Waals surface area contributed by atoms with Crippen molar-refractivity contribution in [3.05, 3.63) is 65.0 Å². The average Bonchev–Trinajstić information content (AvgIpc) is 3.06. The fourth-order valence-corrected chi connectivity index (χ4v) is 4.24. The zero-order chi connectivity index (χ0) is 19.6. The van der Waals surface area contributed by atoms with Gasteiger partial charge in [0, 0.05) is 0 Å². The van der Waals surface area contributed by atoms with Crippen LogP contribution >= 0.6 is 0 Å². The molecule has 1 N–H and O–H groups in total. The minimum absolute atomic E-state index is 0.123. The second kappa shape index (κ2) is 7.68. The largest absolute Gasteiger partial charge is 0.348 e. The molecule has 1 atom stereocenters. The van der Waals surface area contributed by atoms with Gasteiger partial charge in [-0.05, 0) is 61.1 Å². The van der Waals surface area contributed by atoms with Gasteiger partial charge in [-0.1, -0.05) is 24.3 Å². The number of anilines is 1. The van der Waals surface area contributed by atoms with Crippen LogP contribution in [0.5, 0.6) is 0 Å². The summed E-state index contributed by atoms with van der Waals surface area (Å²) in [6.07, 6.45) is 4.28. The third kappa shape index (κ3) is 4.66. The number of nitrogens with one attached hydrogen (secondary N) is 1. The highest BCUT2D eigenvalue weighted by Crippen LogP contribution is 2.25. The van der Waals surface area contributed by atoms with Crippen LogP contribution in [-0.4, -0.2) is 27.1 Å². The summed E-state index contributed by atoms with van der Waals surface area (Å²) in [5.74, 6) is -1.01. The lowest BCUT2D eigenvalue weighted by Gasteiger charge is -2.23. The Morgan fingerprint density at radius 3 is 2.63 bits per heavy atom. The number of hydrogen-bond donors (Lipinski definition) is 1. The molecule has 7 heteroatoms. The van der Waals surface area contributed by atoms with Crippen LogP contribution in [0.25, 0.3) is 0 Å². The molecule has 0 aromatic heterocycles. The minimum Gasteiger partial charge on any atom is -0.348 e. The average molecular weight is 390 g/mol. The molecule has 0 saturated carbocycles. The number of rotatable bonds is 6. The molecule has 2 aromatic rings. The van der Waals surface area contributed by atoms with Crippen molar-refractivity contribution in [1.29, 1.82) is 0 Å². The van der Waals surface area contributed by atoms with Gasteiger partial charge < -0.3 is 5.32 Å². The molecule has 0 bridgehead atoms. The van der Waals surface area contributed by atoms with Crippen molar-refractivity contribution in [2.75, 3.05) is 17.1 Å². The highest BCUT2D eigenvalue weighted by molar-refractivity contribution is 7.92. The van der Waals surface area contributed by atoms with E-state index in [-0.39, 0.29) is 11.7 Å². The van der Waals surface area contributed by atoms with Gasteiger partial charge in [-0.15, -0.1) is 0 Å². The van der Waals surface area contributed by atoms with Gasteiger partial charge in [-0.3, -0.25) is 9.10 Å². The third-order valence-electron chi connectivity index (χ3n) is 4.78. The smallest absolute Gasteiger partial charge is 0.241 e. The quantitative estimate of drug-likeness (QED) is 0.825. The van der Waals surface area contributed by atoms with Crippen LogP contribution in [0, 0.1) is 5.82 Å². The molecule has 0 heterocycles. The summed E-state index contributed by atoms with van der Waals surface area (Å²) in [6.45, 7) is 1.46. The molecular weight excluding hydrogens is 367 g/mol. The molecule has 0 spiro atoms. The normalized spacial score (nSPS) is 14.5. The number of halogens is 1. The highest BCUT2D eigenvalue weighted by atomic mass is 32.2. The van der Waals surface area contributed by atoms with Crippen LogP contribution in [0.15, 0.2) is 42.5 Å². The first-order chi connectivity index (χ1) is 12.7. The van der Waals surface area contributed by atoms with Crippen molar-refractivity contribution in [3.8, 4) is 0 Å². The molecule has 1 aliphatic carbocycles. The Balaban J connectivity index is 1.72.